The number of nitrogens with zero attached hydrogens (tertiary/aromatic N) is 5. The molecule has 5 rings (SSSR count). The predicted molar refractivity (Wildman–Crippen MR) is 160 cm³/mol. The first-order valence-electron chi connectivity index (χ1n) is 14.0. The Balaban J connectivity index is 1.41. The van der Waals surface area contributed by atoms with Crippen molar-refractivity contribution in [2.45, 2.75) is 26.8 Å². The van der Waals surface area contributed by atoms with E-state index in [0.29, 0.717) is 41.0 Å². The summed E-state index contributed by atoms with van der Waals surface area (Å²) in [5, 5.41) is 0. The fourth-order valence-corrected chi connectivity index (χ4v) is 4.97. The van der Waals surface area contributed by atoms with Crippen molar-refractivity contribution in [2.24, 2.45) is 0 Å². The second-order valence-corrected chi connectivity index (χ2v) is 10.2. The molecule has 42 heavy (non-hydrogen) atoms. The molecule has 0 N–H and O–H groups in total. The second-order valence-electron chi connectivity index (χ2n) is 10.2. The largest absolute Gasteiger partial charge is 0.497 e. The smallest absolute Gasteiger partial charge is 0.425 e. The quantitative estimate of drug-likeness (QED) is 0.258. The van der Waals surface area contributed by atoms with Gasteiger partial charge in [-0.05, 0) is 54.8 Å². The number of hydrogen-bond acceptors (Lipinski definition) is 8. The monoisotopic (exact) mass is 571 g/mol. The van der Waals surface area contributed by atoms with Gasteiger partial charge in [0.05, 0.1) is 33.1 Å². The molecule has 0 saturated carbocycles. The van der Waals surface area contributed by atoms with Crippen molar-refractivity contribution in [3.63, 3.8) is 0 Å². The molecule has 10 nitrogen and oxygen atoms in total. The van der Waals surface area contributed by atoms with Gasteiger partial charge in [-0.3, -0.25) is 4.90 Å². The normalized spacial score (nSPS) is 13.5. The lowest BCUT2D eigenvalue weighted by Crippen LogP contribution is -2.38. The number of carbonyl (C=O) groups is 1. The Labute approximate surface area is 246 Å². The number of anilines is 2. The maximum Gasteiger partial charge on any atom is 0.425 e. The summed E-state index contributed by atoms with van der Waals surface area (Å²) in [4.78, 5) is 27.0. The van der Waals surface area contributed by atoms with Gasteiger partial charge in [-0.25, -0.2) is 19.7 Å². The average Bonchev–Trinajstić information content (AvgIpc) is 3.46. The highest BCUT2D eigenvalue weighted by atomic mass is 16.6. The van der Waals surface area contributed by atoms with Crippen molar-refractivity contribution in [3.05, 3.63) is 89.6 Å². The molecule has 0 radical (unpaired) electrons. The summed E-state index contributed by atoms with van der Waals surface area (Å²) >= 11 is 0. The molecular weight excluding hydrogens is 534 g/mol. The first kappa shape index (κ1) is 29.1. The van der Waals surface area contributed by atoms with Gasteiger partial charge >= 0.3 is 6.09 Å². The number of carbonyl (C=O) groups excluding carboxylic acids is 1. The summed E-state index contributed by atoms with van der Waals surface area (Å²) in [7, 11) is 3.12. The minimum absolute atomic E-state index is 0.367. The number of methoxy groups -OCH3 is 2. The molecule has 2 aromatic heterocycles. The van der Waals surface area contributed by atoms with Gasteiger partial charge in [0.25, 0.3) is 0 Å². The first-order chi connectivity index (χ1) is 20.4. The van der Waals surface area contributed by atoms with Gasteiger partial charge in [-0.2, -0.15) is 0 Å². The summed E-state index contributed by atoms with van der Waals surface area (Å²) in [5.41, 5.74) is 3.26. The van der Waals surface area contributed by atoms with Gasteiger partial charge in [0.1, 0.15) is 28.9 Å². The van der Waals surface area contributed by atoms with Gasteiger partial charge in [0.15, 0.2) is 0 Å². The zero-order chi connectivity index (χ0) is 29.5. The number of rotatable bonds is 10. The molecular formula is C32H37N5O5. The van der Waals surface area contributed by atoms with Crippen molar-refractivity contribution in [1.82, 2.24) is 19.4 Å². The van der Waals surface area contributed by atoms with Crippen molar-refractivity contribution in [3.8, 4) is 17.2 Å². The van der Waals surface area contributed by atoms with Crippen LogP contribution in [0.15, 0.2) is 67.1 Å². The zero-order valence-corrected chi connectivity index (χ0v) is 24.6. The number of hydrogen-bond donors (Lipinski definition) is 0. The number of amides is 1. The standard InChI is InChI=1S/C32H37N5O5/c1-23-6-5-7-24(2)31(23)42-32(38)37(27-9-8-26(39-3)21-28(27)40-4)30-10-12-33-29(34-30)20-25-11-13-36(22-25)15-14-35-16-18-41-19-17-35/h5-13,21-22H,14-20H2,1-4H3. The Hall–Kier alpha value is -4.41. The van der Waals surface area contributed by atoms with E-state index in [1.54, 1.807) is 44.7 Å². The van der Waals surface area contributed by atoms with E-state index in [9.17, 15) is 4.79 Å². The molecule has 0 bridgehead atoms. The lowest BCUT2D eigenvalue weighted by Gasteiger charge is -2.26. The van der Waals surface area contributed by atoms with Crippen LogP contribution in [0.2, 0.25) is 0 Å². The van der Waals surface area contributed by atoms with Crippen LogP contribution in [0.25, 0.3) is 0 Å². The summed E-state index contributed by atoms with van der Waals surface area (Å²) in [5.74, 6) is 2.49. The van der Waals surface area contributed by atoms with E-state index >= 15 is 0 Å². The van der Waals surface area contributed by atoms with E-state index in [4.69, 9.17) is 23.9 Å². The number of ether oxygens (including phenoxy) is 4. The molecule has 220 valence electrons. The molecule has 4 aromatic rings. The third-order valence-electron chi connectivity index (χ3n) is 7.28. The van der Waals surface area contributed by atoms with Gasteiger partial charge in [0, 0.05) is 57.3 Å². The third-order valence-corrected chi connectivity index (χ3v) is 7.28. The van der Waals surface area contributed by atoms with Gasteiger partial charge in [-0.1, -0.05) is 18.2 Å². The summed E-state index contributed by atoms with van der Waals surface area (Å²) in [6, 6.07) is 14.7. The third kappa shape index (κ3) is 6.89. The summed E-state index contributed by atoms with van der Waals surface area (Å²) in [6.45, 7) is 9.21. The van der Waals surface area contributed by atoms with E-state index in [-0.39, 0.29) is 0 Å². The van der Waals surface area contributed by atoms with E-state index in [2.05, 4.69) is 32.9 Å². The SMILES string of the molecule is COc1ccc(N(C(=O)Oc2c(C)cccc2C)c2ccnc(Cc3ccn(CCN4CCOCC4)c3)n2)c(OC)c1. The van der Waals surface area contributed by atoms with Crippen LogP contribution < -0.4 is 19.1 Å². The lowest BCUT2D eigenvalue weighted by molar-refractivity contribution is 0.0364. The Morgan fingerprint density at radius 3 is 2.52 bits per heavy atom. The fourth-order valence-electron chi connectivity index (χ4n) is 4.97. The molecule has 1 aliphatic heterocycles. The van der Waals surface area contributed by atoms with Crippen molar-refractivity contribution >= 4 is 17.6 Å². The van der Waals surface area contributed by atoms with Crippen LogP contribution in [0.1, 0.15) is 22.5 Å². The average molecular weight is 572 g/mol. The molecule has 3 heterocycles. The highest BCUT2D eigenvalue weighted by Gasteiger charge is 2.27. The number of benzene rings is 2. The van der Waals surface area contributed by atoms with Crippen LogP contribution in [-0.2, 0) is 17.7 Å². The zero-order valence-electron chi connectivity index (χ0n) is 24.6. The molecule has 1 aliphatic rings. The number of aryl methyl sites for hydroxylation is 2. The lowest BCUT2D eigenvalue weighted by atomic mass is 10.1. The van der Waals surface area contributed by atoms with Crippen molar-refractivity contribution in [1.29, 1.82) is 0 Å². The van der Waals surface area contributed by atoms with Crippen molar-refractivity contribution in [2.75, 3.05) is 52.0 Å². The molecule has 0 atom stereocenters. The number of aromatic nitrogens is 3. The molecule has 2 aromatic carbocycles. The maximum atomic E-state index is 13.9. The molecule has 0 unspecified atom stereocenters. The highest BCUT2D eigenvalue weighted by Crippen LogP contribution is 2.37. The topological polar surface area (TPSA) is 91.2 Å². The molecule has 0 aliphatic carbocycles. The number of morpholine rings is 1. The van der Waals surface area contributed by atoms with Gasteiger partial charge in [0.2, 0.25) is 0 Å². The van der Waals surface area contributed by atoms with E-state index in [0.717, 1.165) is 56.1 Å². The minimum Gasteiger partial charge on any atom is -0.497 e. The second kappa shape index (κ2) is 13.5. The van der Waals surface area contributed by atoms with E-state index < -0.39 is 6.09 Å². The number of para-hydroxylation sites is 1. The maximum absolute atomic E-state index is 13.9. The van der Waals surface area contributed by atoms with Crippen LogP contribution in [0.5, 0.6) is 17.2 Å². The molecule has 1 saturated heterocycles. The van der Waals surface area contributed by atoms with Gasteiger partial charge in [-0.15, -0.1) is 0 Å². The molecule has 10 heteroatoms. The summed E-state index contributed by atoms with van der Waals surface area (Å²) < 4.78 is 24.6. The minimum atomic E-state index is -0.616. The van der Waals surface area contributed by atoms with Crippen LogP contribution in [-0.4, -0.2) is 72.6 Å². The Morgan fingerprint density at radius 2 is 1.79 bits per heavy atom. The predicted octanol–water partition coefficient (Wildman–Crippen LogP) is 5.17. The van der Waals surface area contributed by atoms with Crippen LogP contribution in [0.4, 0.5) is 16.3 Å². The Morgan fingerprint density at radius 1 is 1.00 bits per heavy atom. The van der Waals surface area contributed by atoms with Crippen LogP contribution in [0, 0.1) is 13.8 Å². The van der Waals surface area contributed by atoms with Crippen LogP contribution in [0.3, 0.4) is 0 Å². The van der Waals surface area contributed by atoms with Crippen molar-refractivity contribution < 1.29 is 23.7 Å². The Bertz CT molecular complexity index is 1490. The molecule has 0 spiro atoms. The van der Waals surface area contributed by atoms with E-state index in [1.807, 2.05) is 32.0 Å². The Kier molecular flexibility index (Phi) is 9.35. The molecule has 1 amide bonds. The fraction of sp³-hybridized carbons (Fsp3) is 0.344. The summed E-state index contributed by atoms with van der Waals surface area (Å²) in [6.07, 6.45) is 5.75. The van der Waals surface area contributed by atoms with Gasteiger partial charge < -0.3 is 23.5 Å². The van der Waals surface area contributed by atoms with Crippen LogP contribution >= 0.6 is 0 Å². The molecule has 1 fully saturated rings. The first-order valence-corrected chi connectivity index (χ1v) is 14.0. The highest BCUT2D eigenvalue weighted by molar-refractivity contribution is 5.98. The van der Waals surface area contributed by atoms with E-state index in [1.165, 1.54) is 4.90 Å².